The maximum atomic E-state index is 4.80. The molecule has 4 heteroatoms. The predicted octanol–water partition coefficient (Wildman–Crippen LogP) is 1.13. The number of hydrogen-bond acceptors (Lipinski definition) is 4. The quantitative estimate of drug-likeness (QED) is 0.606. The molecule has 0 aliphatic rings. The molecule has 4 nitrogen and oxygen atoms in total. The summed E-state index contributed by atoms with van der Waals surface area (Å²) in [6.45, 7) is 0. The Morgan fingerprint density at radius 3 is 2.82 bits per heavy atom. The van der Waals surface area contributed by atoms with E-state index in [0.717, 1.165) is 11.4 Å². The lowest BCUT2D eigenvalue weighted by atomic mass is 10.3. The molecule has 2 aromatic rings. The van der Waals surface area contributed by atoms with E-state index in [9.17, 15) is 0 Å². The fourth-order valence-corrected chi connectivity index (χ4v) is 0.781. The first-order valence-corrected chi connectivity index (χ1v) is 3.11. The van der Waals surface area contributed by atoms with Gasteiger partial charge >= 0.3 is 0 Å². The monoisotopic (exact) mass is 147 g/mol. The van der Waals surface area contributed by atoms with Crippen LogP contribution in [0.5, 0.6) is 0 Å². The molecule has 0 unspecified atom stereocenters. The van der Waals surface area contributed by atoms with Crippen LogP contribution in [0.25, 0.3) is 11.4 Å². The van der Waals surface area contributed by atoms with Crippen LogP contribution >= 0.6 is 0 Å². The summed E-state index contributed by atoms with van der Waals surface area (Å²) in [6.07, 6.45) is 6.06. The van der Waals surface area contributed by atoms with Crippen molar-refractivity contribution in [3.63, 3.8) is 0 Å². The van der Waals surface area contributed by atoms with E-state index in [1.807, 2.05) is 0 Å². The van der Waals surface area contributed by atoms with Crippen molar-refractivity contribution in [1.29, 1.82) is 0 Å². The summed E-state index contributed by atoms with van der Waals surface area (Å²) in [6, 6.07) is 1.78. The Morgan fingerprint density at radius 2 is 2.18 bits per heavy atom. The van der Waals surface area contributed by atoms with Crippen LogP contribution < -0.4 is 0 Å². The molecular formula is C7H5N3O. The molecule has 0 bridgehead atoms. The summed E-state index contributed by atoms with van der Waals surface area (Å²) in [5.74, 6) is 0. The Morgan fingerprint density at radius 1 is 1.18 bits per heavy atom. The van der Waals surface area contributed by atoms with Crippen LogP contribution in [0.2, 0.25) is 0 Å². The van der Waals surface area contributed by atoms with E-state index >= 15 is 0 Å². The zero-order valence-corrected chi connectivity index (χ0v) is 5.64. The van der Waals surface area contributed by atoms with Gasteiger partial charge in [0.2, 0.25) is 0 Å². The number of aromatic nitrogens is 3. The minimum atomic E-state index is 0.729. The molecule has 0 aromatic carbocycles. The normalized spacial score (nSPS) is 9.82. The molecule has 0 spiro atoms. The van der Waals surface area contributed by atoms with Gasteiger partial charge in [-0.3, -0.25) is 0 Å². The average Bonchev–Trinajstić information content (AvgIpc) is 2.58. The first-order valence-electron chi connectivity index (χ1n) is 3.11. The largest absolute Gasteiger partial charge is 0.451 e. The third kappa shape index (κ3) is 1.10. The molecule has 54 valence electrons. The molecular weight excluding hydrogens is 142 g/mol. The summed E-state index contributed by atoms with van der Waals surface area (Å²) >= 11 is 0. The van der Waals surface area contributed by atoms with Gasteiger partial charge in [0.1, 0.15) is 18.3 Å². The summed E-state index contributed by atoms with van der Waals surface area (Å²) < 4.78 is 4.80. The first kappa shape index (κ1) is 6.03. The van der Waals surface area contributed by atoms with Crippen molar-refractivity contribution in [3.05, 3.63) is 31.2 Å². The summed E-state index contributed by atoms with van der Waals surface area (Å²) in [5, 5.41) is 0. The van der Waals surface area contributed by atoms with Crippen molar-refractivity contribution < 1.29 is 4.42 Å². The van der Waals surface area contributed by atoms with Gasteiger partial charge in [-0.05, 0) is 6.07 Å². The van der Waals surface area contributed by atoms with E-state index in [1.165, 1.54) is 12.7 Å². The Bertz CT molecular complexity index is 317. The summed E-state index contributed by atoms with van der Waals surface area (Å²) in [5.41, 5.74) is 1.50. The molecule has 0 radical (unpaired) electrons. The zero-order valence-electron chi connectivity index (χ0n) is 5.64. The summed E-state index contributed by atoms with van der Waals surface area (Å²) in [4.78, 5) is 11.7. The molecule has 0 aliphatic carbocycles. The van der Waals surface area contributed by atoms with Gasteiger partial charge in [-0.15, -0.1) is 0 Å². The molecule has 2 rings (SSSR count). The van der Waals surface area contributed by atoms with Crippen molar-refractivity contribution in [3.8, 4) is 11.4 Å². The van der Waals surface area contributed by atoms with Crippen LogP contribution in [0.3, 0.4) is 0 Å². The second-order valence-corrected chi connectivity index (χ2v) is 1.97. The molecule has 2 heterocycles. The minimum Gasteiger partial charge on any atom is -0.451 e. The van der Waals surface area contributed by atoms with Crippen molar-refractivity contribution >= 4 is 0 Å². The molecule has 0 amide bonds. The Kier molecular flexibility index (Phi) is 1.37. The van der Waals surface area contributed by atoms with E-state index in [2.05, 4.69) is 15.0 Å². The average molecular weight is 147 g/mol. The third-order valence-electron chi connectivity index (χ3n) is 1.28. The van der Waals surface area contributed by atoms with Crippen LogP contribution in [-0.4, -0.2) is 15.0 Å². The van der Waals surface area contributed by atoms with E-state index in [4.69, 9.17) is 4.42 Å². The van der Waals surface area contributed by atoms with Crippen LogP contribution in [-0.2, 0) is 0 Å². The molecule has 0 fully saturated rings. The van der Waals surface area contributed by atoms with Gasteiger partial charge in [0.05, 0.1) is 5.69 Å². The van der Waals surface area contributed by atoms with Gasteiger partial charge in [-0.25, -0.2) is 15.0 Å². The SMILES string of the molecule is c1cc(-c2cocn2)ncn1. The Balaban J connectivity index is 2.46. The maximum Gasteiger partial charge on any atom is 0.181 e. The maximum absolute atomic E-state index is 4.80. The molecule has 11 heavy (non-hydrogen) atoms. The highest BCUT2D eigenvalue weighted by Crippen LogP contribution is 2.10. The standard InChI is InChI=1S/C7H5N3O/c1-2-8-4-9-6(1)7-3-11-5-10-7/h1-5H. The van der Waals surface area contributed by atoms with Crippen molar-refractivity contribution in [2.75, 3.05) is 0 Å². The van der Waals surface area contributed by atoms with Crippen molar-refractivity contribution in [1.82, 2.24) is 15.0 Å². The van der Waals surface area contributed by atoms with E-state index in [-0.39, 0.29) is 0 Å². The molecule has 0 aliphatic heterocycles. The second kappa shape index (κ2) is 2.49. The molecule has 0 saturated carbocycles. The molecule has 0 saturated heterocycles. The zero-order chi connectivity index (χ0) is 7.52. The third-order valence-corrected chi connectivity index (χ3v) is 1.28. The van der Waals surface area contributed by atoms with E-state index < -0.39 is 0 Å². The van der Waals surface area contributed by atoms with Crippen LogP contribution in [0.4, 0.5) is 0 Å². The van der Waals surface area contributed by atoms with Crippen molar-refractivity contribution in [2.24, 2.45) is 0 Å². The Labute approximate surface area is 62.9 Å². The van der Waals surface area contributed by atoms with Crippen molar-refractivity contribution in [2.45, 2.75) is 0 Å². The van der Waals surface area contributed by atoms with Gasteiger partial charge in [0.25, 0.3) is 0 Å². The topological polar surface area (TPSA) is 51.8 Å². The van der Waals surface area contributed by atoms with Crippen LogP contribution in [0, 0.1) is 0 Å². The van der Waals surface area contributed by atoms with Gasteiger partial charge in [0, 0.05) is 6.20 Å². The lowest BCUT2D eigenvalue weighted by Gasteiger charge is -1.89. The highest BCUT2D eigenvalue weighted by atomic mass is 16.3. The first-order chi connectivity index (χ1) is 5.47. The number of hydrogen-bond donors (Lipinski definition) is 0. The van der Waals surface area contributed by atoms with Crippen LogP contribution in [0.15, 0.2) is 35.7 Å². The lowest BCUT2D eigenvalue weighted by molar-refractivity contribution is 0.558. The van der Waals surface area contributed by atoms with Crippen LogP contribution in [0.1, 0.15) is 0 Å². The molecule has 0 atom stereocenters. The van der Waals surface area contributed by atoms with E-state index in [0.29, 0.717) is 0 Å². The van der Waals surface area contributed by atoms with E-state index in [1.54, 1.807) is 18.5 Å². The fourth-order valence-electron chi connectivity index (χ4n) is 0.781. The minimum absolute atomic E-state index is 0.729. The van der Waals surface area contributed by atoms with Gasteiger partial charge < -0.3 is 4.42 Å². The number of nitrogens with zero attached hydrogens (tertiary/aromatic N) is 3. The number of rotatable bonds is 1. The predicted molar refractivity (Wildman–Crippen MR) is 37.5 cm³/mol. The highest BCUT2D eigenvalue weighted by molar-refractivity contribution is 5.50. The summed E-state index contributed by atoms with van der Waals surface area (Å²) in [7, 11) is 0. The lowest BCUT2D eigenvalue weighted by Crippen LogP contribution is -1.82. The molecule has 0 N–H and O–H groups in total. The van der Waals surface area contributed by atoms with Gasteiger partial charge in [-0.2, -0.15) is 0 Å². The highest BCUT2D eigenvalue weighted by Gasteiger charge is 1.98. The Hall–Kier alpha value is -1.71. The smallest absolute Gasteiger partial charge is 0.181 e. The second-order valence-electron chi connectivity index (χ2n) is 1.97. The van der Waals surface area contributed by atoms with Gasteiger partial charge in [-0.1, -0.05) is 0 Å². The van der Waals surface area contributed by atoms with Gasteiger partial charge in [0.15, 0.2) is 6.39 Å². The molecule has 2 aromatic heterocycles. The fraction of sp³-hybridized carbons (Fsp3) is 0. The number of oxazole rings is 1.